The first-order valence-electron chi connectivity index (χ1n) is 6.67. The summed E-state index contributed by atoms with van der Waals surface area (Å²) in [5.74, 6) is 0.331. The number of benzene rings is 2. The summed E-state index contributed by atoms with van der Waals surface area (Å²) >= 11 is 7.29. The molecule has 0 radical (unpaired) electrons. The highest BCUT2D eigenvalue weighted by Crippen LogP contribution is 2.21. The lowest BCUT2D eigenvalue weighted by Gasteiger charge is -2.07. The molecule has 0 amide bonds. The molecule has 22 heavy (non-hydrogen) atoms. The van der Waals surface area contributed by atoms with Gasteiger partial charge >= 0.3 is 0 Å². The smallest absolute Gasteiger partial charge is 0.261 e. The highest BCUT2D eigenvalue weighted by atomic mass is 35.5. The quantitative estimate of drug-likeness (QED) is 0.677. The van der Waals surface area contributed by atoms with Gasteiger partial charge in [-0.3, -0.25) is 9.36 Å². The fourth-order valence-electron chi connectivity index (χ4n) is 2.11. The van der Waals surface area contributed by atoms with Gasteiger partial charge in [0.05, 0.1) is 17.2 Å². The largest absolute Gasteiger partial charge is 0.298 e. The predicted octanol–water partition coefficient (Wildman–Crippen LogP) is 3.98. The Bertz CT molecular complexity index is 881. The number of fused-ring (bicyclic) bond motifs is 1. The van der Waals surface area contributed by atoms with E-state index >= 15 is 0 Å². The summed E-state index contributed by atoms with van der Waals surface area (Å²) in [6, 6.07) is 11.6. The topological polar surface area (TPSA) is 34.9 Å². The van der Waals surface area contributed by atoms with E-state index in [0.29, 0.717) is 33.1 Å². The maximum atomic E-state index is 13.5. The van der Waals surface area contributed by atoms with E-state index in [4.69, 9.17) is 11.6 Å². The van der Waals surface area contributed by atoms with Gasteiger partial charge in [-0.15, -0.1) is 11.8 Å². The zero-order valence-corrected chi connectivity index (χ0v) is 13.1. The van der Waals surface area contributed by atoms with Crippen molar-refractivity contribution in [2.45, 2.75) is 11.4 Å². The van der Waals surface area contributed by atoms with Crippen LogP contribution in [0.2, 0.25) is 5.02 Å². The Morgan fingerprint density at radius 2 is 2.05 bits per heavy atom. The van der Waals surface area contributed by atoms with Gasteiger partial charge in [-0.25, -0.2) is 9.37 Å². The van der Waals surface area contributed by atoms with Crippen molar-refractivity contribution in [3.8, 4) is 0 Å². The molecule has 1 aromatic heterocycles. The fourth-order valence-corrected chi connectivity index (χ4v) is 3.17. The standard InChI is InChI=1S/C16H12ClFN2OS/c17-11-5-6-14-12(9-11)16(21)20(10-19-14)7-8-22-15-4-2-1-3-13(15)18/h1-6,9-10H,7-8H2. The third kappa shape index (κ3) is 3.15. The number of hydrogen-bond acceptors (Lipinski definition) is 3. The first-order valence-corrected chi connectivity index (χ1v) is 8.03. The van der Waals surface area contributed by atoms with E-state index in [-0.39, 0.29) is 11.4 Å². The molecule has 6 heteroatoms. The van der Waals surface area contributed by atoms with Crippen molar-refractivity contribution in [1.82, 2.24) is 9.55 Å². The average molecular weight is 335 g/mol. The highest BCUT2D eigenvalue weighted by molar-refractivity contribution is 7.99. The van der Waals surface area contributed by atoms with Crippen LogP contribution in [0.25, 0.3) is 10.9 Å². The molecule has 0 aliphatic heterocycles. The van der Waals surface area contributed by atoms with E-state index in [1.807, 2.05) is 0 Å². The highest BCUT2D eigenvalue weighted by Gasteiger charge is 2.06. The lowest BCUT2D eigenvalue weighted by molar-refractivity contribution is 0.601. The lowest BCUT2D eigenvalue weighted by atomic mass is 10.2. The van der Waals surface area contributed by atoms with Gasteiger partial charge in [0.15, 0.2) is 0 Å². The number of thioether (sulfide) groups is 1. The van der Waals surface area contributed by atoms with Crippen LogP contribution in [0.5, 0.6) is 0 Å². The van der Waals surface area contributed by atoms with Crippen molar-refractivity contribution in [3.63, 3.8) is 0 Å². The van der Waals surface area contributed by atoms with Gasteiger partial charge in [0.2, 0.25) is 0 Å². The molecule has 0 aliphatic carbocycles. The molecule has 2 aromatic carbocycles. The van der Waals surface area contributed by atoms with E-state index in [9.17, 15) is 9.18 Å². The summed E-state index contributed by atoms with van der Waals surface area (Å²) in [6.07, 6.45) is 1.51. The van der Waals surface area contributed by atoms with Crippen LogP contribution < -0.4 is 5.56 Å². The van der Waals surface area contributed by atoms with Crippen LogP contribution in [0.4, 0.5) is 4.39 Å². The number of aryl methyl sites for hydroxylation is 1. The van der Waals surface area contributed by atoms with Gasteiger partial charge in [-0.05, 0) is 30.3 Å². The maximum absolute atomic E-state index is 13.5. The van der Waals surface area contributed by atoms with Gasteiger partial charge in [-0.1, -0.05) is 23.7 Å². The zero-order valence-electron chi connectivity index (χ0n) is 11.5. The minimum absolute atomic E-state index is 0.137. The summed E-state index contributed by atoms with van der Waals surface area (Å²) in [5.41, 5.74) is 0.481. The number of rotatable bonds is 4. The fraction of sp³-hybridized carbons (Fsp3) is 0.125. The van der Waals surface area contributed by atoms with Crippen LogP contribution in [0.3, 0.4) is 0 Å². The lowest BCUT2D eigenvalue weighted by Crippen LogP contribution is -2.21. The summed E-state index contributed by atoms with van der Waals surface area (Å²) in [7, 11) is 0. The second-order valence-electron chi connectivity index (χ2n) is 4.68. The van der Waals surface area contributed by atoms with E-state index in [2.05, 4.69) is 4.98 Å². The third-order valence-corrected chi connectivity index (χ3v) is 4.48. The Hall–Kier alpha value is -1.85. The molecule has 0 aliphatic rings. The van der Waals surface area contributed by atoms with Crippen LogP contribution in [-0.2, 0) is 6.54 Å². The molecule has 112 valence electrons. The van der Waals surface area contributed by atoms with Gasteiger partial charge in [0.1, 0.15) is 5.82 Å². The first kappa shape index (κ1) is 15.1. The van der Waals surface area contributed by atoms with Crippen LogP contribution in [0, 0.1) is 5.82 Å². The van der Waals surface area contributed by atoms with Gasteiger partial charge in [0.25, 0.3) is 5.56 Å². The van der Waals surface area contributed by atoms with Crippen molar-refractivity contribution in [1.29, 1.82) is 0 Å². The van der Waals surface area contributed by atoms with Crippen molar-refractivity contribution in [2.24, 2.45) is 0 Å². The maximum Gasteiger partial charge on any atom is 0.261 e. The van der Waals surface area contributed by atoms with E-state index < -0.39 is 0 Å². The number of nitrogens with zero attached hydrogens (tertiary/aromatic N) is 2. The van der Waals surface area contributed by atoms with E-state index in [1.165, 1.54) is 28.7 Å². The Morgan fingerprint density at radius 3 is 2.86 bits per heavy atom. The molecule has 0 spiro atoms. The molecule has 0 saturated carbocycles. The van der Waals surface area contributed by atoms with Crippen LogP contribution in [-0.4, -0.2) is 15.3 Å². The predicted molar refractivity (Wildman–Crippen MR) is 88.1 cm³/mol. The van der Waals surface area contributed by atoms with Crippen molar-refractivity contribution in [3.05, 3.63) is 70.0 Å². The molecular weight excluding hydrogens is 323 g/mol. The second-order valence-corrected chi connectivity index (χ2v) is 6.26. The average Bonchev–Trinajstić information content (AvgIpc) is 2.52. The van der Waals surface area contributed by atoms with Crippen molar-refractivity contribution in [2.75, 3.05) is 5.75 Å². The second kappa shape index (κ2) is 6.50. The number of hydrogen-bond donors (Lipinski definition) is 0. The van der Waals surface area contributed by atoms with Gasteiger partial charge in [-0.2, -0.15) is 0 Å². The molecule has 0 unspecified atom stereocenters. The number of aromatic nitrogens is 2. The summed E-state index contributed by atoms with van der Waals surface area (Å²) in [5, 5.41) is 0.996. The SMILES string of the molecule is O=c1c2cc(Cl)ccc2ncn1CCSc1ccccc1F. The minimum atomic E-state index is -0.247. The number of halogens is 2. The first-order chi connectivity index (χ1) is 10.6. The Kier molecular flexibility index (Phi) is 4.45. The Morgan fingerprint density at radius 1 is 1.23 bits per heavy atom. The van der Waals surface area contributed by atoms with E-state index in [1.54, 1.807) is 36.4 Å². The normalized spacial score (nSPS) is 11.0. The summed E-state index contributed by atoms with van der Waals surface area (Å²) < 4.78 is 15.1. The minimum Gasteiger partial charge on any atom is -0.298 e. The summed E-state index contributed by atoms with van der Waals surface area (Å²) in [4.78, 5) is 17.2. The van der Waals surface area contributed by atoms with E-state index in [0.717, 1.165) is 0 Å². The van der Waals surface area contributed by atoms with Crippen LogP contribution >= 0.6 is 23.4 Å². The van der Waals surface area contributed by atoms with Crippen molar-refractivity contribution < 1.29 is 4.39 Å². The van der Waals surface area contributed by atoms with Crippen molar-refractivity contribution >= 4 is 34.3 Å². The molecule has 0 N–H and O–H groups in total. The molecule has 0 atom stereocenters. The Balaban J connectivity index is 1.78. The monoisotopic (exact) mass is 334 g/mol. The zero-order chi connectivity index (χ0) is 15.5. The van der Waals surface area contributed by atoms with Gasteiger partial charge < -0.3 is 0 Å². The molecule has 0 fully saturated rings. The molecule has 0 saturated heterocycles. The molecule has 3 nitrogen and oxygen atoms in total. The van der Waals surface area contributed by atoms with Crippen LogP contribution in [0.15, 0.2) is 58.5 Å². The van der Waals surface area contributed by atoms with Gasteiger partial charge in [0, 0.05) is 22.2 Å². The molecule has 3 aromatic rings. The molecule has 3 rings (SSSR count). The Labute approximate surface area is 135 Å². The molecule has 0 bridgehead atoms. The summed E-state index contributed by atoms with van der Waals surface area (Å²) in [6.45, 7) is 0.452. The molecule has 1 heterocycles. The van der Waals surface area contributed by atoms with Crippen LogP contribution in [0.1, 0.15) is 0 Å². The third-order valence-electron chi connectivity index (χ3n) is 3.21. The molecular formula is C16H12ClFN2OS.